The van der Waals surface area contributed by atoms with E-state index in [2.05, 4.69) is 6.92 Å². The van der Waals surface area contributed by atoms with Crippen LogP contribution in [-0.2, 0) is 14.3 Å². The number of rotatable bonds is 21. The highest BCUT2D eigenvalue weighted by atomic mass is 35.5. The van der Waals surface area contributed by atoms with Crippen molar-refractivity contribution in [3.63, 3.8) is 0 Å². The molecular formula is C28H43Cl3O4. The molecule has 7 heteroatoms. The molecule has 35 heavy (non-hydrogen) atoms. The van der Waals surface area contributed by atoms with Crippen LogP contribution in [0, 0.1) is 0 Å². The van der Waals surface area contributed by atoms with E-state index in [0.29, 0.717) is 24.5 Å². The molecular weight excluding hydrogens is 507 g/mol. The summed E-state index contributed by atoms with van der Waals surface area (Å²) in [5.74, 6) is -0.339. The Hall–Kier alpha value is -0.970. The summed E-state index contributed by atoms with van der Waals surface area (Å²) in [4.78, 5) is 23.9. The summed E-state index contributed by atoms with van der Waals surface area (Å²) in [7, 11) is 0. The zero-order valence-electron chi connectivity index (χ0n) is 21.4. The molecule has 0 saturated carbocycles. The van der Waals surface area contributed by atoms with Gasteiger partial charge in [-0.25, -0.2) is 0 Å². The van der Waals surface area contributed by atoms with Crippen molar-refractivity contribution >= 4 is 46.7 Å². The van der Waals surface area contributed by atoms with E-state index >= 15 is 0 Å². The van der Waals surface area contributed by atoms with Crippen LogP contribution in [0.5, 0.6) is 5.75 Å². The van der Waals surface area contributed by atoms with Gasteiger partial charge in [-0.1, -0.05) is 125 Å². The zero-order valence-corrected chi connectivity index (χ0v) is 23.6. The maximum atomic E-state index is 12.0. The number of esters is 2. The van der Waals surface area contributed by atoms with E-state index in [1.165, 1.54) is 51.4 Å². The van der Waals surface area contributed by atoms with Gasteiger partial charge in [0.15, 0.2) is 5.75 Å². The largest absolute Gasteiger partial charge is 0.466 e. The lowest BCUT2D eigenvalue weighted by Gasteiger charge is -2.09. The third-order valence-electron chi connectivity index (χ3n) is 5.99. The lowest BCUT2D eigenvalue weighted by atomic mass is 10.1. The van der Waals surface area contributed by atoms with E-state index in [-0.39, 0.29) is 27.7 Å². The first-order valence-corrected chi connectivity index (χ1v) is 14.6. The molecule has 1 aromatic rings. The first-order chi connectivity index (χ1) is 17.0. The van der Waals surface area contributed by atoms with Crippen LogP contribution >= 0.6 is 34.8 Å². The molecule has 0 fully saturated rings. The molecule has 0 unspecified atom stereocenters. The summed E-state index contributed by atoms with van der Waals surface area (Å²) in [5, 5.41) is 0.700. The molecule has 0 aromatic heterocycles. The summed E-state index contributed by atoms with van der Waals surface area (Å²) in [6.07, 6.45) is 19.1. The van der Waals surface area contributed by atoms with Gasteiger partial charge in [-0.2, -0.15) is 0 Å². The lowest BCUT2D eigenvalue weighted by molar-refractivity contribution is -0.144. The third kappa shape index (κ3) is 16.4. The number of unbranched alkanes of at least 4 members (excludes halogenated alkanes) is 14. The molecule has 0 atom stereocenters. The Balaban J connectivity index is 1.90. The van der Waals surface area contributed by atoms with Crippen molar-refractivity contribution in [3.8, 4) is 5.75 Å². The molecule has 0 saturated heterocycles. The van der Waals surface area contributed by atoms with Crippen LogP contribution in [-0.4, -0.2) is 18.5 Å². The number of carbonyl (C=O) groups excluding carboxylic acids is 2. The van der Waals surface area contributed by atoms with Gasteiger partial charge < -0.3 is 9.47 Å². The summed E-state index contributed by atoms with van der Waals surface area (Å²) in [6.45, 7) is 2.80. The Morgan fingerprint density at radius 3 is 1.66 bits per heavy atom. The molecule has 1 rings (SSSR count). The molecule has 0 spiro atoms. The van der Waals surface area contributed by atoms with E-state index in [4.69, 9.17) is 44.3 Å². The zero-order chi connectivity index (χ0) is 25.7. The average molecular weight is 550 g/mol. The minimum Gasteiger partial charge on any atom is -0.466 e. The predicted molar refractivity (Wildman–Crippen MR) is 147 cm³/mol. The molecule has 0 bridgehead atoms. The molecule has 0 aliphatic rings. The number of hydrogen-bond donors (Lipinski definition) is 0. The van der Waals surface area contributed by atoms with Gasteiger partial charge in [-0.3, -0.25) is 9.59 Å². The fourth-order valence-corrected chi connectivity index (χ4v) is 4.46. The van der Waals surface area contributed by atoms with Gasteiger partial charge in [0.05, 0.1) is 16.7 Å². The molecule has 0 heterocycles. The number of halogens is 3. The fraction of sp³-hybridized carbons (Fsp3) is 0.714. The normalized spacial score (nSPS) is 11.0. The van der Waals surface area contributed by atoms with Gasteiger partial charge in [-0.05, 0) is 31.4 Å². The second-order valence-corrected chi connectivity index (χ2v) is 10.4. The molecule has 200 valence electrons. The van der Waals surface area contributed by atoms with Crippen molar-refractivity contribution in [2.45, 2.75) is 122 Å². The molecule has 1 aromatic carbocycles. The van der Waals surface area contributed by atoms with Crippen molar-refractivity contribution in [2.24, 2.45) is 0 Å². The van der Waals surface area contributed by atoms with Gasteiger partial charge in [0, 0.05) is 12.8 Å². The Kier molecular flexibility index (Phi) is 19.4. The van der Waals surface area contributed by atoms with Gasteiger partial charge in [-0.15, -0.1) is 0 Å². The van der Waals surface area contributed by atoms with Crippen molar-refractivity contribution in [3.05, 3.63) is 27.2 Å². The summed E-state index contributed by atoms with van der Waals surface area (Å²) >= 11 is 18.0. The molecule has 0 N–H and O–H groups in total. The average Bonchev–Trinajstić information content (AvgIpc) is 2.84. The van der Waals surface area contributed by atoms with Crippen LogP contribution in [0.1, 0.15) is 122 Å². The van der Waals surface area contributed by atoms with Gasteiger partial charge >= 0.3 is 11.9 Å². The summed E-state index contributed by atoms with van der Waals surface area (Å²) in [5.41, 5.74) is 0. The highest BCUT2D eigenvalue weighted by Gasteiger charge is 2.15. The minimum atomic E-state index is -0.374. The smallest absolute Gasteiger partial charge is 0.311 e. The van der Waals surface area contributed by atoms with Gasteiger partial charge in [0.2, 0.25) is 0 Å². The van der Waals surface area contributed by atoms with Crippen molar-refractivity contribution in [2.75, 3.05) is 6.61 Å². The predicted octanol–water partition coefficient (Wildman–Crippen LogP) is 10.1. The quantitative estimate of drug-likeness (QED) is 0.0662. The summed E-state index contributed by atoms with van der Waals surface area (Å²) in [6, 6.07) is 3.11. The molecule has 0 radical (unpaired) electrons. The fourth-order valence-electron chi connectivity index (χ4n) is 3.86. The highest BCUT2D eigenvalue weighted by molar-refractivity contribution is 6.44. The Labute approximate surface area is 227 Å². The van der Waals surface area contributed by atoms with Gasteiger partial charge in [0.25, 0.3) is 0 Å². The monoisotopic (exact) mass is 548 g/mol. The topological polar surface area (TPSA) is 52.6 Å². The van der Waals surface area contributed by atoms with Crippen LogP contribution in [0.2, 0.25) is 15.1 Å². The van der Waals surface area contributed by atoms with Crippen LogP contribution in [0.25, 0.3) is 0 Å². The lowest BCUT2D eigenvalue weighted by Crippen LogP contribution is -2.08. The molecule has 0 aliphatic carbocycles. The van der Waals surface area contributed by atoms with Crippen molar-refractivity contribution in [1.29, 1.82) is 0 Å². The number of benzene rings is 1. The van der Waals surface area contributed by atoms with E-state index < -0.39 is 0 Å². The first kappa shape index (κ1) is 32.1. The number of carbonyl (C=O) groups is 2. The van der Waals surface area contributed by atoms with Crippen molar-refractivity contribution < 1.29 is 19.1 Å². The highest BCUT2D eigenvalue weighted by Crippen LogP contribution is 2.38. The van der Waals surface area contributed by atoms with E-state index in [1.54, 1.807) is 12.1 Å². The van der Waals surface area contributed by atoms with Crippen LogP contribution in [0.3, 0.4) is 0 Å². The maximum Gasteiger partial charge on any atom is 0.311 e. The minimum absolute atomic E-state index is 0.0815. The number of hydrogen-bond acceptors (Lipinski definition) is 4. The number of ether oxygens (including phenoxy) is 2. The Morgan fingerprint density at radius 1 is 0.629 bits per heavy atom. The molecule has 4 nitrogen and oxygen atoms in total. The molecule has 0 aliphatic heterocycles. The van der Waals surface area contributed by atoms with Crippen LogP contribution < -0.4 is 4.74 Å². The van der Waals surface area contributed by atoms with Crippen LogP contribution in [0.15, 0.2) is 12.1 Å². The first-order valence-electron chi connectivity index (χ1n) is 13.5. The SMILES string of the molecule is CCCCCCCCCCCCOC(=O)CCCCCCCCC(=O)Oc1c(Cl)ccc(Cl)c1Cl. The second kappa shape index (κ2) is 21.1. The van der Waals surface area contributed by atoms with Gasteiger partial charge in [0.1, 0.15) is 5.02 Å². The maximum absolute atomic E-state index is 12.0. The van der Waals surface area contributed by atoms with E-state index in [0.717, 1.165) is 51.4 Å². The molecule has 0 amide bonds. The summed E-state index contributed by atoms with van der Waals surface area (Å²) < 4.78 is 10.6. The standard InChI is InChI=1S/C28H43Cl3O4/c1-2-3-4-5-6-7-8-11-14-17-22-34-25(32)18-15-12-9-10-13-16-19-26(33)35-28-24(30)21-20-23(29)27(28)31/h20-21H,2-19,22H2,1H3. The third-order valence-corrected chi connectivity index (χ3v) is 7.08. The van der Waals surface area contributed by atoms with E-state index in [1.807, 2.05) is 0 Å². The van der Waals surface area contributed by atoms with Crippen LogP contribution in [0.4, 0.5) is 0 Å². The second-order valence-electron chi connectivity index (χ2n) is 9.17. The van der Waals surface area contributed by atoms with Crippen molar-refractivity contribution in [1.82, 2.24) is 0 Å². The Morgan fingerprint density at radius 2 is 1.09 bits per heavy atom. The Bertz CT molecular complexity index is 724. The van der Waals surface area contributed by atoms with E-state index in [9.17, 15) is 9.59 Å².